The summed E-state index contributed by atoms with van der Waals surface area (Å²) >= 11 is 0. The van der Waals surface area contributed by atoms with Gasteiger partial charge in [-0.15, -0.1) is 0 Å². The Balaban J connectivity index is 2.03. The van der Waals surface area contributed by atoms with Gasteiger partial charge in [-0.3, -0.25) is 4.98 Å². The van der Waals surface area contributed by atoms with Gasteiger partial charge < -0.3 is 10.2 Å². The summed E-state index contributed by atoms with van der Waals surface area (Å²) in [5, 5.41) is 3.48. The van der Waals surface area contributed by atoms with E-state index in [1.54, 1.807) is 0 Å². The average molecular weight is 261 g/mol. The van der Waals surface area contributed by atoms with Crippen LogP contribution in [0.15, 0.2) is 18.5 Å². The third kappa shape index (κ3) is 3.69. The van der Waals surface area contributed by atoms with Gasteiger partial charge >= 0.3 is 0 Å². The molecule has 3 heteroatoms. The van der Waals surface area contributed by atoms with Crippen LogP contribution in [0.3, 0.4) is 0 Å². The van der Waals surface area contributed by atoms with Crippen molar-refractivity contribution in [3.8, 4) is 0 Å². The number of rotatable bonds is 6. The molecule has 1 unspecified atom stereocenters. The van der Waals surface area contributed by atoms with Crippen LogP contribution < -0.4 is 10.2 Å². The van der Waals surface area contributed by atoms with Gasteiger partial charge in [-0.1, -0.05) is 20.8 Å². The number of pyridine rings is 1. The van der Waals surface area contributed by atoms with Crippen LogP contribution in [0.1, 0.15) is 39.2 Å². The average Bonchev–Trinajstić information content (AvgIpc) is 2.89. The Morgan fingerprint density at radius 2 is 2.32 bits per heavy atom. The van der Waals surface area contributed by atoms with Crippen LogP contribution in [0.5, 0.6) is 0 Å². The maximum atomic E-state index is 4.28. The molecular formula is C16H27N3. The van der Waals surface area contributed by atoms with Crippen LogP contribution in [0.25, 0.3) is 0 Å². The van der Waals surface area contributed by atoms with Crippen LogP contribution in [0.2, 0.25) is 0 Å². The lowest BCUT2D eigenvalue weighted by atomic mass is 9.95. The number of nitrogens with zero attached hydrogens (tertiary/aromatic N) is 2. The van der Waals surface area contributed by atoms with Crippen molar-refractivity contribution >= 4 is 5.69 Å². The third-order valence-corrected chi connectivity index (χ3v) is 4.13. The molecule has 0 radical (unpaired) electrons. The largest absolute Gasteiger partial charge is 0.371 e. The predicted octanol–water partition coefficient (Wildman–Crippen LogP) is 3.06. The maximum Gasteiger partial charge on any atom is 0.0442 e. The topological polar surface area (TPSA) is 28.2 Å². The first-order valence-corrected chi connectivity index (χ1v) is 7.61. The molecule has 1 fully saturated rings. The van der Waals surface area contributed by atoms with Gasteiger partial charge in [0.1, 0.15) is 0 Å². The molecule has 0 bridgehead atoms. The number of hydrogen-bond donors (Lipinski definition) is 1. The second kappa shape index (κ2) is 6.90. The zero-order chi connectivity index (χ0) is 13.7. The van der Waals surface area contributed by atoms with E-state index in [1.807, 2.05) is 12.4 Å². The highest BCUT2D eigenvalue weighted by Gasteiger charge is 2.26. The summed E-state index contributed by atoms with van der Waals surface area (Å²) in [5.74, 6) is 1.62. The van der Waals surface area contributed by atoms with Gasteiger partial charge in [0.25, 0.3) is 0 Å². The zero-order valence-corrected chi connectivity index (χ0v) is 12.5. The minimum absolute atomic E-state index is 0.786. The van der Waals surface area contributed by atoms with E-state index in [-0.39, 0.29) is 0 Å². The molecule has 0 aromatic carbocycles. The molecule has 1 aromatic rings. The van der Waals surface area contributed by atoms with Gasteiger partial charge in [0.2, 0.25) is 0 Å². The van der Waals surface area contributed by atoms with Gasteiger partial charge in [-0.05, 0) is 37.3 Å². The molecule has 19 heavy (non-hydrogen) atoms. The van der Waals surface area contributed by atoms with E-state index in [0.29, 0.717) is 0 Å². The van der Waals surface area contributed by atoms with Crippen LogP contribution in [-0.2, 0) is 6.54 Å². The van der Waals surface area contributed by atoms with Crippen molar-refractivity contribution in [1.29, 1.82) is 0 Å². The number of aromatic nitrogens is 1. The van der Waals surface area contributed by atoms with Gasteiger partial charge in [-0.25, -0.2) is 0 Å². The van der Waals surface area contributed by atoms with E-state index in [4.69, 9.17) is 0 Å². The lowest BCUT2D eigenvalue weighted by molar-refractivity contribution is 0.422. The predicted molar refractivity (Wildman–Crippen MR) is 81.4 cm³/mol. The highest BCUT2D eigenvalue weighted by Crippen LogP contribution is 2.29. The molecular weight excluding hydrogens is 234 g/mol. The summed E-state index contributed by atoms with van der Waals surface area (Å²) in [6.45, 7) is 11.3. The van der Waals surface area contributed by atoms with Crippen LogP contribution in [0.4, 0.5) is 5.69 Å². The first kappa shape index (κ1) is 14.3. The first-order valence-electron chi connectivity index (χ1n) is 7.61. The summed E-state index contributed by atoms with van der Waals surface area (Å²) in [6, 6.07) is 2.17. The van der Waals surface area contributed by atoms with Crippen molar-refractivity contribution < 1.29 is 0 Å². The highest BCUT2D eigenvalue weighted by atomic mass is 15.2. The maximum absolute atomic E-state index is 4.28. The first-order chi connectivity index (χ1) is 9.22. The van der Waals surface area contributed by atoms with Crippen LogP contribution in [-0.4, -0.2) is 24.6 Å². The Morgan fingerprint density at radius 1 is 1.47 bits per heavy atom. The van der Waals surface area contributed by atoms with Crippen molar-refractivity contribution in [2.75, 3.05) is 24.5 Å². The lowest BCUT2D eigenvalue weighted by Gasteiger charge is -2.23. The van der Waals surface area contributed by atoms with E-state index < -0.39 is 0 Å². The fourth-order valence-electron chi connectivity index (χ4n) is 2.81. The Morgan fingerprint density at radius 3 is 3.00 bits per heavy atom. The number of hydrogen-bond acceptors (Lipinski definition) is 3. The van der Waals surface area contributed by atoms with Crippen molar-refractivity contribution in [1.82, 2.24) is 10.3 Å². The molecule has 1 aromatic heterocycles. The van der Waals surface area contributed by atoms with Gasteiger partial charge in [-0.2, -0.15) is 0 Å². The standard InChI is InChI=1S/C16H27N3/c1-4-7-17-10-15-11-18-8-5-16(15)19-9-6-14(12-19)13(2)3/h5,8,11,13-14,17H,4,6-7,9-10,12H2,1-3H3. The molecule has 1 atom stereocenters. The zero-order valence-electron chi connectivity index (χ0n) is 12.5. The van der Waals surface area contributed by atoms with Gasteiger partial charge in [0.15, 0.2) is 0 Å². The molecule has 1 aliphatic rings. The Labute approximate surface area is 117 Å². The molecule has 0 aliphatic carbocycles. The van der Waals surface area contributed by atoms with E-state index in [2.05, 4.69) is 42.0 Å². The fraction of sp³-hybridized carbons (Fsp3) is 0.688. The van der Waals surface area contributed by atoms with Crippen molar-refractivity contribution in [3.63, 3.8) is 0 Å². The lowest BCUT2D eigenvalue weighted by Crippen LogP contribution is -2.24. The van der Waals surface area contributed by atoms with Gasteiger partial charge in [0, 0.05) is 43.3 Å². The third-order valence-electron chi connectivity index (χ3n) is 4.13. The molecule has 1 N–H and O–H groups in total. The molecule has 3 nitrogen and oxygen atoms in total. The van der Waals surface area contributed by atoms with Crippen molar-refractivity contribution in [2.45, 2.75) is 40.2 Å². The van der Waals surface area contributed by atoms with Crippen LogP contribution in [0, 0.1) is 11.8 Å². The van der Waals surface area contributed by atoms with E-state index in [1.165, 1.54) is 37.2 Å². The summed E-state index contributed by atoms with van der Waals surface area (Å²) < 4.78 is 0. The summed E-state index contributed by atoms with van der Waals surface area (Å²) in [7, 11) is 0. The molecule has 2 rings (SSSR count). The molecule has 0 amide bonds. The highest BCUT2D eigenvalue weighted by molar-refractivity contribution is 5.53. The second-order valence-corrected chi connectivity index (χ2v) is 5.92. The fourth-order valence-corrected chi connectivity index (χ4v) is 2.81. The quantitative estimate of drug-likeness (QED) is 0.798. The molecule has 1 aliphatic heterocycles. The minimum atomic E-state index is 0.786. The molecule has 0 spiro atoms. The van der Waals surface area contributed by atoms with Crippen molar-refractivity contribution in [3.05, 3.63) is 24.0 Å². The van der Waals surface area contributed by atoms with Crippen molar-refractivity contribution in [2.24, 2.45) is 11.8 Å². The number of nitrogens with one attached hydrogen (secondary N) is 1. The normalized spacial score (nSPS) is 19.4. The Bertz CT molecular complexity index is 389. The minimum Gasteiger partial charge on any atom is -0.371 e. The Kier molecular flexibility index (Phi) is 5.20. The van der Waals surface area contributed by atoms with E-state index in [9.17, 15) is 0 Å². The smallest absolute Gasteiger partial charge is 0.0442 e. The van der Waals surface area contributed by atoms with Gasteiger partial charge in [0.05, 0.1) is 0 Å². The molecule has 0 saturated carbocycles. The number of anilines is 1. The SMILES string of the molecule is CCCNCc1cnccc1N1CCC(C(C)C)C1. The molecule has 106 valence electrons. The summed E-state index contributed by atoms with van der Waals surface area (Å²) in [4.78, 5) is 6.82. The molecule has 1 saturated heterocycles. The second-order valence-electron chi connectivity index (χ2n) is 5.92. The summed E-state index contributed by atoms with van der Waals surface area (Å²) in [5.41, 5.74) is 2.71. The van der Waals surface area contributed by atoms with Crippen LogP contribution >= 0.6 is 0 Å². The Hall–Kier alpha value is -1.09. The monoisotopic (exact) mass is 261 g/mol. The van der Waals surface area contributed by atoms with E-state index >= 15 is 0 Å². The van der Waals surface area contributed by atoms with E-state index in [0.717, 1.165) is 24.9 Å². The molecule has 2 heterocycles. The summed E-state index contributed by atoms with van der Waals surface area (Å²) in [6.07, 6.45) is 6.43.